The highest BCUT2D eigenvalue weighted by molar-refractivity contribution is 9.10. The molecule has 0 radical (unpaired) electrons. The number of carbonyl (C=O) groups is 1. The Morgan fingerprint density at radius 2 is 1.83 bits per heavy atom. The SMILES string of the molecule is COc1cc(Br)c(/C=C/C(=O)c2cccc([N+](=O)[O-])c2)cc1OC. The van der Waals surface area contributed by atoms with Gasteiger partial charge >= 0.3 is 0 Å². The third-order valence-electron chi connectivity index (χ3n) is 3.26. The van der Waals surface area contributed by atoms with Gasteiger partial charge in [-0.25, -0.2) is 0 Å². The normalized spacial score (nSPS) is 10.6. The molecule has 24 heavy (non-hydrogen) atoms. The summed E-state index contributed by atoms with van der Waals surface area (Å²) in [7, 11) is 3.05. The molecule has 0 aliphatic heterocycles. The van der Waals surface area contributed by atoms with E-state index in [9.17, 15) is 14.9 Å². The van der Waals surface area contributed by atoms with Gasteiger partial charge in [-0.15, -0.1) is 0 Å². The predicted octanol–water partition coefficient (Wildman–Crippen LogP) is 4.27. The van der Waals surface area contributed by atoms with E-state index in [4.69, 9.17) is 9.47 Å². The average molecular weight is 392 g/mol. The van der Waals surface area contributed by atoms with E-state index < -0.39 is 4.92 Å². The molecule has 2 aromatic rings. The molecule has 6 nitrogen and oxygen atoms in total. The Hall–Kier alpha value is -2.67. The first-order valence-electron chi connectivity index (χ1n) is 6.84. The fourth-order valence-electron chi connectivity index (χ4n) is 2.03. The Balaban J connectivity index is 2.29. The van der Waals surface area contributed by atoms with Crippen molar-refractivity contribution in [1.29, 1.82) is 0 Å². The Bertz CT molecular complexity index is 817. The van der Waals surface area contributed by atoms with E-state index in [0.29, 0.717) is 17.1 Å². The third kappa shape index (κ3) is 3.99. The summed E-state index contributed by atoms with van der Waals surface area (Å²) in [4.78, 5) is 22.4. The first kappa shape index (κ1) is 17.7. The van der Waals surface area contributed by atoms with Crippen LogP contribution in [0.5, 0.6) is 11.5 Å². The Morgan fingerprint density at radius 3 is 2.46 bits per heavy atom. The summed E-state index contributed by atoms with van der Waals surface area (Å²) < 4.78 is 11.1. The second kappa shape index (κ2) is 7.74. The molecular formula is C17H14BrNO5. The molecule has 0 aliphatic rings. The number of methoxy groups -OCH3 is 2. The molecule has 0 bridgehead atoms. The number of hydrogen-bond acceptors (Lipinski definition) is 5. The number of rotatable bonds is 6. The molecule has 0 atom stereocenters. The molecule has 7 heteroatoms. The molecular weight excluding hydrogens is 378 g/mol. The zero-order valence-corrected chi connectivity index (χ0v) is 14.6. The number of hydrogen-bond donors (Lipinski definition) is 0. The summed E-state index contributed by atoms with van der Waals surface area (Å²) in [6, 6.07) is 9.05. The van der Waals surface area contributed by atoms with E-state index in [-0.39, 0.29) is 17.0 Å². The topological polar surface area (TPSA) is 78.7 Å². The maximum atomic E-state index is 12.2. The summed E-state index contributed by atoms with van der Waals surface area (Å²) in [5, 5.41) is 10.8. The summed E-state index contributed by atoms with van der Waals surface area (Å²) in [6.07, 6.45) is 2.96. The van der Waals surface area contributed by atoms with E-state index in [2.05, 4.69) is 15.9 Å². The van der Waals surface area contributed by atoms with Gasteiger partial charge in [0, 0.05) is 22.2 Å². The van der Waals surface area contributed by atoms with Crippen LogP contribution in [0.15, 0.2) is 46.9 Å². The predicted molar refractivity (Wildman–Crippen MR) is 93.7 cm³/mol. The number of nitrogens with zero attached hydrogens (tertiary/aromatic N) is 1. The van der Waals surface area contributed by atoms with Crippen molar-refractivity contribution in [2.45, 2.75) is 0 Å². The van der Waals surface area contributed by atoms with Gasteiger partial charge in [0.2, 0.25) is 0 Å². The number of carbonyl (C=O) groups excluding carboxylic acids is 1. The smallest absolute Gasteiger partial charge is 0.270 e. The molecule has 0 aromatic heterocycles. The van der Waals surface area contributed by atoms with E-state index in [1.54, 1.807) is 18.2 Å². The van der Waals surface area contributed by atoms with Gasteiger partial charge in [0.25, 0.3) is 5.69 Å². The van der Waals surface area contributed by atoms with E-state index >= 15 is 0 Å². The van der Waals surface area contributed by atoms with Gasteiger partial charge in [0.15, 0.2) is 17.3 Å². The number of nitro benzene ring substituents is 1. The second-order valence-corrected chi connectivity index (χ2v) is 5.59. The second-order valence-electron chi connectivity index (χ2n) is 4.73. The summed E-state index contributed by atoms with van der Waals surface area (Å²) in [5.41, 5.74) is 0.838. The van der Waals surface area contributed by atoms with Gasteiger partial charge in [-0.2, -0.15) is 0 Å². The lowest BCUT2D eigenvalue weighted by Crippen LogP contribution is -1.96. The average Bonchev–Trinajstić information content (AvgIpc) is 2.60. The van der Waals surface area contributed by atoms with Gasteiger partial charge in [0.05, 0.1) is 19.1 Å². The summed E-state index contributed by atoms with van der Waals surface area (Å²) in [5.74, 6) is 0.759. The number of benzene rings is 2. The fourth-order valence-corrected chi connectivity index (χ4v) is 2.49. The lowest BCUT2D eigenvalue weighted by Gasteiger charge is -2.09. The highest BCUT2D eigenvalue weighted by Crippen LogP contribution is 2.33. The molecule has 0 unspecified atom stereocenters. The number of ether oxygens (including phenoxy) is 2. The van der Waals surface area contributed by atoms with Crippen molar-refractivity contribution in [1.82, 2.24) is 0 Å². The van der Waals surface area contributed by atoms with Crippen molar-refractivity contribution in [3.05, 3.63) is 68.2 Å². The van der Waals surface area contributed by atoms with Crippen LogP contribution in [0, 0.1) is 10.1 Å². The molecule has 0 fully saturated rings. The highest BCUT2D eigenvalue weighted by atomic mass is 79.9. The van der Waals surface area contributed by atoms with Crippen LogP contribution in [0.1, 0.15) is 15.9 Å². The van der Waals surface area contributed by atoms with Crippen LogP contribution in [0.3, 0.4) is 0 Å². The zero-order chi connectivity index (χ0) is 17.7. The summed E-state index contributed by atoms with van der Waals surface area (Å²) >= 11 is 3.40. The molecule has 124 valence electrons. The Morgan fingerprint density at radius 1 is 1.17 bits per heavy atom. The first-order valence-corrected chi connectivity index (χ1v) is 7.64. The van der Waals surface area contributed by atoms with Crippen molar-refractivity contribution in [3.8, 4) is 11.5 Å². The number of nitro groups is 1. The maximum Gasteiger partial charge on any atom is 0.270 e. The molecule has 0 amide bonds. The van der Waals surface area contributed by atoms with Crippen LogP contribution in [-0.4, -0.2) is 24.9 Å². The van der Waals surface area contributed by atoms with Crippen LogP contribution in [-0.2, 0) is 0 Å². The van der Waals surface area contributed by atoms with Crippen molar-refractivity contribution < 1.29 is 19.2 Å². The molecule has 2 aromatic carbocycles. The van der Waals surface area contributed by atoms with E-state index in [0.717, 1.165) is 4.47 Å². The Labute approximate surface area is 147 Å². The van der Waals surface area contributed by atoms with Crippen molar-refractivity contribution in [2.75, 3.05) is 14.2 Å². The number of allylic oxidation sites excluding steroid dienone is 1. The standard InChI is InChI=1S/C17H14BrNO5/c1-23-16-9-11(14(18)10-17(16)24-2)6-7-15(20)12-4-3-5-13(8-12)19(21)22/h3-10H,1-2H3/b7-6+. The van der Waals surface area contributed by atoms with Crippen LogP contribution < -0.4 is 9.47 Å². The summed E-state index contributed by atoms with van der Waals surface area (Å²) in [6.45, 7) is 0. The molecule has 0 N–H and O–H groups in total. The lowest BCUT2D eigenvalue weighted by molar-refractivity contribution is -0.384. The number of ketones is 1. The van der Waals surface area contributed by atoms with Gasteiger partial charge < -0.3 is 9.47 Å². The van der Waals surface area contributed by atoms with Crippen LogP contribution in [0.2, 0.25) is 0 Å². The van der Waals surface area contributed by atoms with E-state index in [1.165, 1.54) is 44.6 Å². The molecule has 0 saturated heterocycles. The van der Waals surface area contributed by atoms with Gasteiger partial charge in [-0.3, -0.25) is 14.9 Å². The fraction of sp³-hybridized carbons (Fsp3) is 0.118. The van der Waals surface area contributed by atoms with Gasteiger partial charge in [-0.05, 0) is 29.8 Å². The minimum atomic E-state index is -0.536. The van der Waals surface area contributed by atoms with Gasteiger partial charge in [0.1, 0.15) is 0 Å². The molecule has 0 spiro atoms. The molecule has 0 saturated carbocycles. The van der Waals surface area contributed by atoms with Crippen molar-refractivity contribution in [3.63, 3.8) is 0 Å². The molecule has 0 aliphatic carbocycles. The van der Waals surface area contributed by atoms with Crippen LogP contribution in [0.25, 0.3) is 6.08 Å². The quantitative estimate of drug-likeness (QED) is 0.318. The minimum Gasteiger partial charge on any atom is -0.493 e. The van der Waals surface area contributed by atoms with Crippen LogP contribution in [0.4, 0.5) is 5.69 Å². The lowest BCUT2D eigenvalue weighted by atomic mass is 10.1. The van der Waals surface area contributed by atoms with Crippen LogP contribution >= 0.6 is 15.9 Å². The highest BCUT2D eigenvalue weighted by Gasteiger charge is 2.11. The van der Waals surface area contributed by atoms with Gasteiger partial charge in [-0.1, -0.05) is 28.1 Å². The number of halogens is 1. The molecule has 0 heterocycles. The van der Waals surface area contributed by atoms with E-state index in [1.807, 2.05) is 0 Å². The molecule has 2 rings (SSSR count). The Kier molecular flexibility index (Phi) is 5.70. The first-order chi connectivity index (χ1) is 11.5. The maximum absolute atomic E-state index is 12.2. The minimum absolute atomic E-state index is 0.124. The largest absolute Gasteiger partial charge is 0.493 e. The number of non-ortho nitro benzene ring substituents is 1. The third-order valence-corrected chi connectivity index (χ3v) is 3.95. The van der Waals surface area contributed by atoms with Crippen molar-refractivity contribution in [2.24, 2.45) is 0 Å². The monoisotopic (exact) mass is 391 g/mol. The zero-order valence-electron chi connectivity index (χ0n) is 13.0. The van der Waals surface area contributed by atoms with Crippen molar-refractivity contribution >= 4 is 33.5 Å².